The van der Waals surface area contributed by atoms with Crippen molar-refractivity contribution in [3.63, 3.8) is 0 Å². The number of hydrogen-bond acceptors (Lipinski definition) is 2. The molecule has 0 bridgehead atoms. The second kappa shape index (κ2) is 4.67. The van der Waals surface area contributed by atoms with E-state index in [1.165, 1.54) is 0 Å². The predicted octanol–water partition coefficient (Wildman–Crippen LogP) is 3.24. The second-order valence-corrected chi connectivity index (χ2v) is 4.96. The maximum Gasteiger partial charge on any atom is 0.129 e. The summed E-state index contributed by atoms with van der Waals surface area (Å²) in [7, 11) is 0. The van der Waals surface area contributed by atoms with E-state index < -0.39 is 0 Å². The summed E-state index contributed by atoms with van der Waals surface area (Å²) >= 11 is 14.0. The maximum atomic E-state index is 5.99. The first kappa shape index (κ1) is 11.2. The average Bonchev–Trinajstić information content (AvgIpc) is 2.58. The molecule has 0 saturated heterocycles. The molecule has 2 aromatic heterocycles. The molecule has 2 aromatic rings. The van der Waals surface area contributed by atoms with Gasteiger partial charge in [0, 0.05) is 6.20 Å². The lowest BCUT2D eigenvalue weighted by atomic mass is 10.3. The van der Waals surface area contributed by atoms with Crippen molar-refractivity contribution in [3.05, 3.63) is 44.0 Å². The maximum absolute atomic E-state index is 5.99. The molecule has 0 aliphatic rings. The van der Waals surface area contributed by atoms with E-state index in [9.17, 15) is 0 Å². The highest BCUT2D eigenvalue weighted by Crippen LogP contribution is 2.17. The van der Waals surface area contributed by atoms with Crippen LogP contribution < -0.4 is 0 Å². The molecule has 15 heavy (non-hydrogen) atoms. The zero-order valence-corrected chi connectivity index (χ0v) is 11.2. The number of rotatable bonds is 2. The molecule has 78 valence electrons. The normalized spacial score (nSPS) is 10.6. The zero-order chi connectivity index (χ0) is 10.8. The molecule has 0 fully saturated rings. The Morgan fingerprint density at radius 2 is 2.13 bits per heavy atom. The van der Waals surface area contributed by atoms with E-state index in [2.05, 4.69) is 32.7 Å². The SMILES string of the molecule is Clc1ccc(Cl)c(Cn2cc(I)cn2)n1. The van der Waals surface area contributed by atoms with Gasteiger partial charge >= 0.3 is 0 Å². The van der Waals surface area contributed by atoms with E-state index in [0.29, 0.717) is 16.7 Å². The first-order valence-electron chi connectivity index (χ1n) is 4.14. The van der Waals surface area contributed by atoms with Crippen LogP contribution in [0.15, 0.2) is 24.5 Å². The fourth-order valence-electron chi connectivity index (χ4n) is 1.15. The highest BCUT2D eigenvalue weighted by Gasteiger charge is 2.04. The van der Waals surface area contributed by atoms with Crippen LogP contribution in [0.5, 0.6) is 0 Å². The van der Waals surface area contributed by atoms with Crippen molar-refractivity contribution in [2.75, 3.05) is 0 Å². The third-order valence-electron chi connectivity index (χ3n) is 1.80. The molecule has 0 radical (unpaired) electrons. The lowest BCUT2D eigenvalue weighted by molar-refractivity contribution is 0.673. The Hall–Kier alpha value is -0.330. The quantitative estimate of drug-likeness (QED) is 0.613. The third kappa shape index (κ3) is 2.83. The van der Waals surface area contributed by atoms with Gasteiger partial charge in [0.2, 0.25) is 0 Å². The lowest BCUT2D eigenvalue weighted by Crippen LogP contribution is -2.02. The van der Waals surface area contributed by atoms with Gasteiger partial charge < -0.3 is 0 Å². The Kier molecular flexibility index (Phi) is 3.48. The van der Waals surface area contributed by atoms with Gasteiger partial charge in [-0.15, -0.1) is 0 Å². The standard InChI is InChI=1S/C9H6Cl2IN3/c10-7-1-2-9(11)14-8(7)5-15-4-6(12)3-13-15/h1-4H,5H2. The van der Waals surface area contributed by atoms with E-state index in [0.717, 1.165) is 9.26 Å². The number of halogens is 3. The minimum absolute atomic E-state index is 0.441. The first-order valence-corrected chi connectivity index (χ1v) is 5.97. The van der Waals surface area contributed by atoms with Gasteiger partial charge in [-0.2, -0.15) is 5.10 Å². The van der Waals surface area contributed by atoms with Crippen LogP contribution >= 0.6 is 45.8 Å². The number of hydrogen-bond donors (Lipinski definition) is 0. The molecule has 0 unspecified atom stereocenters. The van der Waals surface area contributed by atoms with Gasteiger partial charge in [-0.3, -0.25) is 4.68 Å². The highest BCUT2D eigenvalue weighted by atomic mass is 127. The summed E-state index contributed by atoms with van der Waals surface area (Å²) in [4.78, 5) is 4.15. The summed E-state index contributed by atoms with van der Waals surface area (Å²) < 4.78 is 2.84. The molecule has 6 heteroatoms. The molecule has 0 saturated carbocycles. The highest BCUT2D eigenvalue weighted by molar-refractivity contribution is 14.1. The minimum atomic E-state index is 0.441. The largest absolute Gasteiger partial charge is 0.266 e. The fourth-order valence-corrected chi connectivity index (χ4v) is 1.92. The zero-order valence-electron chi connectivity index (χ0n) is 7.49. The van der Waals surface area contributed by atoms with Crippen LogP contribution in [0.2, 0.25) is 10.2 Å². The average molecular weight is 354 g/mol. The van der Waals surface area contributed by atoms with Crippen molar-refractivity contribution in [2.24, 2.45) is 0 Å². The van der Waals surface area contributed by atoms with Crippen LogP contribution in [0, 0.1) is 3.57 Å². The number of pyridine rings is 1. The Balaban J connectivity index is 2.27. The fraction of sp³-hybridized carbons (Fsp3) is 0.111. The summed E-state index contributed by atoms with van der Waals surface area (Å²) in [5.74, 6) is 0. The summed E-state index contributed by atoms with van der Waals surface area (Å²) in [6, 6.07) is 3.40. The summed E-state index contributed by atoms with van der Waals surface area (Å²) in [5.41, 5.74) is 0.726. The van der Waals surface area contributed by atoms with E-state index >= 15 is 0 Å². The molecule has 2 rings (SSSR count). The van der Waals surface area contributed by atoms with Crippen molar-refractivity contribution in [2.45, 2.75) is 6.54 Å². The first-order chi connectivity index (χ1) is 7.15. The summed E-state index contributed by atoms with van der Waals surface area (Å²) in [6.45, 7) is 0.530. The van der Waals surface area contributed by atoms with Crippen molar-refractivity contribution >= 4 is 45.8 Å². The molecule has 0 aliphatic carbocycles. The molecule has 0 aromatic carbocycles. The van der Waals surface area contributed by atoms with Crippen LogP contribution in [0.1, 0.15) is 5.69 Å². The van der Waals surface area contributed by atoms with Gasteiger partial charge in [-0.1, -0.05) is 23.2 Å². The number of nitrogens with zero attached hydrogens (tertiary/aromatic N) is 3. The monoisotopic (exact) mass is 353 g/mol. The Morgan fingerprint density at radius 3 is 2.80 bits per heavy atom. The van der Waals surface area contributed by atoms with Gasteiger partial charge in [0.1, 0.15) is 5.15 Å². The minimum Gasteiger partial charge on any atom is -0.266 e. The molecule has 2 heterocycles. The molecule has 3 nitrogen and oxygen atoms in total. The van der Waals surface area contributed by atoms with Crippen molar-refractivity contribution in [1.29, 1.82) is 0 Å². The van der Waals surface area contributed by atoms with Crippen LogP contribution in [0.25, 0.3) is 0 Å². The van der Waals surface area contributed by atoms with Crippen molar-refractivity contribution < 1.29 is 0 Å². The van der Waals surface area contributed by atoms with Gasteiger partial charge in [-0.05, 0) is 34.7 Å². The molecular formula is C9H6Cl2IN3. The molecule has 0 atom stereocenters. The van der Waals surface area contributed by atoms with Gasteiger partial charge in [0.25, 0.3) is 0 Å². The van der Waals surface area contributed by atoms with Crippen molar-refractivity contribution in [3.8, 4) is 0 Å². The van der Waals surface area contributed by atoms with E-state index in [1.54, 1.807) is 23.0 Å². The van der Waals surface area contributed by atoms with Gasteiger partial charge in [0.05, 0.1) is 27.0 Å². The Bertz CT molecular complexity index is 484. The molecular weight excluding hydrogens is 348 g/mol. The molecule has 0 spiro atoms. The van der Waals surface area contributed by atoms with E-state index in [1.807, 2.05) is 6.20 Å². The molecule has 0 aliphatic heterocycles. The predicted molar refractivity (Wildman–Crippen MR) is 68.3 cm³/mol. The summed E-state index contributed by atoms with van der Waals surface area (Å²) in [5, 5.41) is 5.19. The Morgan fingerprint density at radius 1 is 1.33 bits per heavy atom. The lowest BCUT2D eigenvalue weighted by Gasteiger charge is -2.03. The smallest absolute Gasteiger partial charge is 0.129 e. The van der Waals surface area contributed by atoms with Crippen LogP contribution in [0.4, 0.5) is 0 Å². The second-order valence-electron chi connectivity index (χ2n) is 2.92. The molecule has 0 amide bonds. The van der Waals surface area contributed by atoms with Crippen LogP contribution in [-0.2, 0) is 6.54 Å². The van der Waals surface area contributed by atoms with E-state index in [4.69, 9.17) is 23.2 Å². The van der Waals surface area contributed by atoms with Crippen LogP contribution in [0.3, 0.4) is 0 Å². The number of aromatic nitrogens is 3. The third-order valence-corrected chi connectivity index (χ3v) is 2.91. The van der Waals surface area contributed by atoms with Crippen molar-refractivity contribution in [1.82, 2.24) is 14.8 Å². The van der Waals surface area contributed by atoms with Gasteiger partial charge in [-0.25, -0.2) is 4.98 Å². The summed E-state index contributed by atoms with van der Waals surface area (Å²) in [6.07, 6.45) is 3.69. The topological polar surface area (TPSA) is 30.7 Å². The molecule has 0 N–H and O–H groups in total. The van der Waals surface area contributed by atoms with Crippen LogP contribution in [-0.4, -0.2) is 14.8 Å². The Labute approximate surface area is 111 Å². The van der Waals surface area contributed by atoms with E-state index in [-0.39, 0.29) is 0 Å². The van der Waals surface area contributed by atoms with Gasteiger partial charge in [0.15, 0.2) is 0 Å².